The third-order valence-corrected chi connectivity index (χ3v) is 2.53. The Kier molecular flexibility index (Phi) is 6.25. The van der Waals surface area contributed by atoms with Gasteiger partial charge in [-0.3, -0.25) is 9.78 Å². The van der Waals surface area contributed by atoms with E-state index >= 15 is 0 Å². The standard InChI is InChI=1S/C13H21N3O/c1-11(9-14-2)10-16-13(17)7-6-12-5-3-4-8-15-12/h3-5,8,11,14H,6-7,9-10H2,1-2H3,(H,16,17). The van der Waals surface area contributed by atoms with Crippen LogP contribution >= 0.6 is 0 Å². The van der Waals surface area contributed by atoms with E-state index in [1.807, 2.05) is 25.2 Å². The second kappa shape index (κ2) is 7.79. The molecule has 0 aliphatic rings. The molecule has 1 amide bonds. The normalized spacial score (nSPS) is 12.1. The number of pyridine rings is 1. The van der Waals surface area contributed by atoms with Crippen molar-refractivity contribution >= 4 is 5.91 Å². The highest BCUT2D eigenvalue weighted by Gasteiger charge is 2.05. The van der Waals surface area contributed by atoms with E-state index in [0.29, 0.717) is 18.8 Å². The number of amides is 1. The van der Waals surface area contributed by atoms with Crippen LogP contribution in [-0.2, 0) is 11.2 Å². The molecule has 0 bridgehead atoms. The van der Waals surface area contributed by atoms with E-state index < -0.39 is 0 Å². The molecule has 0 aromatic carbocycles. The number of nitrogens with one attached hydrogen (secondary N) is 2. The predicted octanol–water partition coefficient (Wildman–Crippen LogP) is 0.986. The molecule has 0 aliphatic carbocycles. The topological polar surface area (TPSA) is 54.0 Å². The average Bonchev–Trinajstić information content (AvgIpc) is 2.35. The Hall–Kier alpha value is -1.42. The zero-order chi connectivity index (χ0) is 12.5. The minimum absolute atomic E-state index is 0.0959. The first-order valence-electron chi connectivity index (χ1n) is 6.03. The van der Waals surface area contributed by atoms with Gasteiger partial charge in [-0.15, -0.1) is 0 Å². The van der Waals surface area contributed by atoms with E-state index in [4.69, 9.17) is 0 Å². The minimum atomic E-state index is 0.0959. The number of carbonyl (C=O) groups is 1. The number of hydrogen-bond donors (Lipinski definition) is 2. The molecule has 1 unspecified atom stereocenters. The van der Waals surface area contributed by atoms with Crippen LogP contribution in [0.4, 0.5) is 0 Å². The van der Waals surface area contributed by atoms with Crippen LogP contribution in [-0.4, -0.2) is 31.0 Å². The lowest BCUT2D eigenvalue weighted by molar-refractivity contribution is -0.121. The van der Waals surface area contributed by atoms with Gasteiger partial charge in [0.15, 0.2) is 0 Å². The summed E-state index contributed by atoms with van der Waals surface area (Å²) in [7, 11) is 1.92. The van der Waals surface area contributed by atoms with Crippen LogP contribution in [0.1, 0.15) is 19.0 Å². The van der Waals surface area contributed by atoms with Gasteiger partial charge in [0.2, 0.25) is 5.91 Å². The molecule has 1 aromatic heterocycles. The minimum Gasteiger partial charge on any atom is -0.356 e. The number of nitrogens with zero attached hydrogens (tertiary/aromatic N) is 1. The van der Waals surface area contributed by atoms with Crippen molar-refractivity contribution < 1.29 is 4.79 Å². The van der Waals surface area contributed by atoms with Crippen LogP contribution in [0, 0.1) is 5.92 Å². The monoisotopic (exact) mass is 235 g/mol. The van der Waals surface area contributed by atoms with Crippen LogP contribution < -0.4 is 10.6 Å². The molecule has 1 atom stereocenters. The van der Waals surface area contributed by atoms with Crippen molar-refractivity contribution in [3.63, 3.8) is 0 Å². The molecule has 4 nitrogen and oxygen atoms in total. The van der Waals surface area contributed by atoms with Crippen molar-refractivity contribution in [1.82, 2.24) is 15.6 Å². The Morgan fingerprint density at radius 2 is 2.24 bits per heavy atom. The van der Waals surface area contributed by atoms with E-state index in [2.05, 4.69) is 22.5 Å². The summed E-state index contributed by atoms with van der Waals surface area (Å²) in [6.45, 7) is 3.75. The largest absolute Gasteiger partial charge is 0.356 e. The fourth-order valence-corrected chi connectivity index (χ4v) is 1.58. The first kappa shape index (κ1) is 13.6. The van der Waals surface area contributed by atoms with Crippen LogP contribution in [0.3, 0.4) is 0 Å². The predicted molar refractivity (Wildman–Crippen MR) is 68.7 cm³/mol. The molecule has 0 saturated heterocycles. The third-order valence-electron chi connectivity index (χ3n) is 2.53. The fraction of sp³-hybridized carbons (Fsp3) is 0.538. The van der Waals surface area contributed by atoms with Gasteiger partial charge in [0.05, 0.1) is 0 Å². The van der Waals surface area contributed by atoms with Gasteiger partial charge in [-0.05, 0) is 38.1 Å². The lowest BCUT2D eigenvalue weighted by Crippen LogP contribution is -2.32. The summed E-state index contributed by atoms with van der Waals surface area (Å²) in [6, 6.07) is 5.76. The van der Waals surface area contributed by atoms with Gasteiger partial charge >= 0.3 is 0 Å². The highest BCUT2D eigenvalue weighted by molar-refractivity contribution is 5.76. The van der Waals surface area contributed by atoms with Gasteiger partial charge in [-0.25, -0.2) is 0 Å². The van der Waals surface area contributed by atoms with Crippen LogP contribution in [0.15, 0.2) is 24.4 Å². The van der Waals surface area contributed by atoms with Crippen molar-refractivity contribution in [2.24, 2.45) is 5.92 Å². The van der Waals surface area contributed by atoms with Crippen LogP contribution in [0.2, 0.25) is 0 Å². The summed E-state index contributed by atoms with van der Waals surface area (Å²) in [5.74, 6) is 0.553. The molecule has 94 valence electrons. The first-order valence-corrected chi connectivity index (χ1v) is 6.03. The maximum Gasteiger partial charge on any atom is 0.220 e. The quantitative estimate of drug-likeness (QED) is 0.741. The van der Waals surface area contributed by atoms with E-state index in [-0.39, 0.29) is 5.91 Å². The Bertz CT molecular complexity index is 327. The lowest BCUT2D eigenvalue weighted by Gasteiger charge is -2.11. The summed E-state index contributed by atoms with van der Waals surface area (Å²) in [5.41, 5.74) is 0.964. The summed E-state index contributed by atoms with van der Waals surface area (Å²) in [6.07, 6.45) is 2.96. The molecular weight excluding hydrogens is 214 g/mol. The SMILES string of the molecule is CNCC(C)CNC(=O)CCc1ccccn1. The van der Waals surface area contributed by atoms with E-state index in [0.717, 1.165) is 18.8 Å². The molecule has 2 N–H and O–H groups in total. The molecule has 0 spiro atoms. The maximum absolute atomic E-state index is 11.6. The number of aromatic nitrogens is 1. The van der Waals surface area contributed by atoms with Crippen LogP contribution in [0.5, 0.6) is 0 Å². The number of rotatable bonds is 7. The van der Waals surface area contributed by atoms with Gasteiger partial charge in [0, 0.05) is 24.9 Å². The zero-order valence-electron chi connectivity index (χ0n) is 10.6. The smallest absolute Gasteiger partial charge is 0.220 e. The van der Waals surface area contributed by atoms with Crippen molar-refractivity contribution in [3.05, 3.63) is 30.1 Å². The first-order chi connectivity index (χ1) is 8.22. The Morgan fingerprint density at radius 1 is 1.41 bits per heavy atom. The number of carbonyl (C=O) groups excluding carboxylic acids is 1. The second-order valence-electron chi connectivity index (χ2n) is 4.29. The molecule has 0 aliphatic heterocycles. The molecule has 1 aromatic rings. The Balaban J connectivity index is 2.17. The van der Waals surface area contributed by atoms with Gasteiger partial charge < -0.3 is 10.6 Å². The van der Waals surface area contributed by atoms with Crippen molar-refractivity contribution in [2.75, 3.05) is 20.1 Å². The van der Waals surface area contributed by atoms with Crippen molar-refractivity contribution in [2.45, 2.75) is 19.8 Å². The third kappa shape index (κ3) is 6.02. The maximum atomic E-state index is 11.6. The second-order valence-corrected chi connectivity index (χ2v) is 4.29. The van der Waals surface area contributed by atoms with E-state index in [9.17, 15) is 4.79 Å². The summed E-state index contributed by atoms with van der Waals surface area (Å²) in [4.78, 5) is 15.8. The van der Waals surface area contributed by atoms with Crippen molar-refractivity contribution in [3.8, 4) is 0 Å². The highest BCUT2D eigenvalue weighted by atomic mass is 16.1. The Morgan fingerprint density at radius 3 is 2.88 bits per heavy atom. The lowest BCUT2D eigenvalue weighted by atomic mass is 10.1. The molecule has 1 rings (SSSR count). The van der Waals surface area contributed by atoms with Crippen LogP contribution in [0.25, 0.3) is 0 Å². The molecule has 0 fully saturated rings. The summed E-state index contributed by atoms with van der Waals surface area (Å²) < 4.78 is 0. The highest BCUT2D eigenvalue weighted by Crippen LogP contribution is 1.98. The summed E-state index contributed by atoms with van der Waals surface area (Å²) in [5, 5.41) is 6.02. The summed E-state index contributed by atoms with van der Waals surface area (Å²) >= 11 is 0. The molecule has 17 heavy (non-hydrogen) atoms. The van der Waals surface area contributed by atoms with Gasteiger partial charge in [0.25, 0.3) is 0 Å². The molecular formula is C13H21N3O. The molecule has 0 saturated carbocycles. The number of aryl methyl sites for hydroxylation is 1. The number of hydrogen-bond acceptors (Lipinski definition) is 3. The van der Waals surface area contributed by atoms with Gasteiger partial charge in [-0.1, -0.05) is 13.0 Å². The molecule has 1 heterocycles. The van der Waals surface area contributed by atoms with Gasteiger partial charge in [-0.2, -0.15) is 0 Å². The van der Waals surface area contributed by atoms with E-state index in [1.54, 1.807) is 6.20 Å². The Labute approximate surface area is 103 Å². The molecule has 4 heteroatoms. The van der Waals surface area contributed by atoms with E-state index in [1.165, 1.54) is 0 Å². The molecule has 0 radical (unpaired) electrons. The zero-order valence-corrected chi connectivity index (χ0v) is 10.6. The van der Waals surface area contributed by atoms with Crippen molar-refractivity contribution in [1.29, 1.82) is 0 Å². The fourth-order valence-electron chi connectivity index (χ4n) is 1.58. The average molecular weight is 235 g/mol. The van der Waals surface area contributed by atoms with Gasteiger partial charge in [0.1, 0.15) is 0 Å².